The fraction of sp³-hybridized carbons (Fsp3) is 0.0714. The first kappa shape index (κ1) is 13.5. The highest BCUT2D eigenvalue weighted by atomic mass is 16.4. The second-order valence-electron chi connectivity index (χ2n) is 4.23. The molecule has 0 bridgehead atoms. The zero-order chi connectivity index (χ0) is 14.7. The van der Waals surface area contributed by atoms with Crippen molar-refractivity contribution in [3.8, 4) is 0 Å². The standard InChI is InChI=1S/C14H12N2O4/c1-8-6-10(14(19)20)2-3-11(8)16-13(18)9-4-5-15-12(17)7-9/h2-7H,1H3,(H,15,17)(H,16,18)(H,19,20). The molecule has 0 aliphatic heterocycles. The fourth-order valence-corrected chi connectivity index (χ4v) is 1.72. The Hall–Kier alpha value is -2.89. The lowest BCUT2D eigenvalue weighted by Crippen LogP contribution is -2.16. The number of anilines is 1. The molecule has 0 aliphatic carbocycles. The van der Waals surface area contributed by atoms with Gasteiger partial charge >= 0.3 is 5.97 Å². The van der Waals surface area contributed by atoms with Crippen LogP contribution in [-0.4, -0.2) is 22.0 Å². The number of nitrogens with one attached hydrogen (secondary N) is 2. The van der Waals surface area contributed by atoms with Crippen molar-refractivity contribution in [1.82, 2.24) is 4.98 Å². The number of pyridine rings is 1. The summed E-state index contributed by atoms with van der Waals surface area (Å²) < 4.78 is 0. The number of carboxylic acids is 1. The number of hydrogen-bond donors (Lipinski definition) is 3. The van der Waals surface area contributed by atoms with E-state index in [-0.39, 0.29) is 16.7 Å². The Bertz CT molecular complexity index is 734. The summed E-state index contributed by atoms with van der Waals surface area (Å²) in [5.41, 5.74) is 1.14. The Kier molecular flexibility index (Phi) is 3.65. The molecule has 102 valence electrons. The topological polar surface area (TPSA) is 99.3 Å². The van der Waals surface area contributed by atoms with Gasteiger partial charge in [-0.1, -0.05) is 0 Å². The minimum absolute atomic E-state index is 0.150. The molecule has 3 N–H and O–H groups in total. The molecule has 1 heterocycles. The number of aromatic nitrogens is 1. The summed E-state index contributed by atoms with van der Waals surface area (Å²) in [5, 5.41) is 11.5. The van der Waals surface area contributed by atoms with Gasteiger partial charge in [0.15, 0.2) is 0 Å². The first-order valence-electron chi connectivity index (χ1n) is 5.81. The molecule has 2 aromatic rings. The van der Waals surface area contributed by atoms with Gasteiger partial charge in [-0.2, -0.15) is 0 Å². The van der Waals surface area contributed by atoms with Crippen molar-refractivity contribution in [2.75, 3.05) is 5.32 Å². The second-order valence-corrected chi connectivity index (χ2v) is 4.23. The van der Waals surface area contributed by atoms with Gasteiger partial charge in [-0.05, 0) is 36.8 Å². The van der Waals surface area contributed by atoms with Crippen LogP contribution in [0.4, 0.5) is 5.69 Å². The third-order valence-electron chi connectivity index (χ3n) is 2.76. The van der Waals surface area contributed by atoms with Gasteiger partial charge in [0.05, 0.1) is 5.56 Å². The first-order valence-corrected chi connectivity index (χ1v) is 5.81. The maximum absolute atomic E-state index is 12.0. The highest BCUT2D eigenvalue weighted by Gasteiger charge is 2.10. The Labute approximate surface area is 114 Å². The predicted octanol–water partition coefficient (Wildman–Crippen LogP) is 1.63. The highest BCUT2D eigenvalue weighted by molar-refractivity contribution is 6.04. The number of amides is 1. The van der Waals surface area contributed by atoms with Crippen molar-refractivity contribution in [1.29, 1.82) is 0 Å². The summed E-state index contributed by atoms with van der Waals surface area (Å²) in [6, 6.07) is 7.07. The van der Waals surface area contributed by atoms with E-state index in [2.05, 4.69) is 10.3 Å². The molecule has 2 rings (SSSR count). The molecule has 6 heteroatoms. The average Bonchev–Trinajstić information content (AvgIpc) is 2.40. The molecular weight excluding hydrogens is 260 g/mol. The average molecular weight is 272 g/mol. The van der Waals surface area contributed by atoms with Crippen LogP contribution in [0.15, 0.2) is 41.3 Å². The van der Waals surface area contributed by atoms with E-state index in [0.29, 0.717) is 11.3 Å². The van der Waals surface area contributed by atoms with Gasteiger partial charge in [-0.25, -0.2) is 4.79 Å². The van der Waals surface area contributed by atoms with Gasteiger partial charge in [-0.3, -0.25) is 9.59 Å². The third kappa shape index (κ3) is 2.92. The molecule has 6 nitrogen and oxygen atoms in total. The van der Waals surface area contributed by atoms with Gasteiger partial charge in [0, 0.05) is 23.5 Å². The minimum atomic E-state index is -1.03. The Morgan fingerprint density at radius 3 is 2.50 bits per heavy atom. The zero-order valence-electron chi connectivity index (χ0n) is 10.6. The molecule has 1 amide bonds. The van der Waals surface area contributed by atoms with Gasteiger partial charge in [0.25, 0.3) is 5.91 Å². The van der Waals surface area contributed by atoms with Crippen LogP contribution in [0.3, 0.4) is 0 Å². The molecule has 0 aliphatic rings. The second kappa shape index (κ2) is 5.40. The number of aromatic carboxylic acids is 1. The van der Waals surface area contributed by atoms with Crippen LogP contribution in [0, 0.1) is 6.92 Å². The van der Waals surface area contributed by atoms with Crippen LogP contribution < -0.4 is 10.9 Å². The van der Waals surface area contributed by atoms with E-state index < -0.39 is 11.9 Å². The molecule has 0 radical (unpaired) electrons. The third-order valence-corrected chi connectivity index (χ3v) is 2.76. The van der Waals surface area contributed by atoms with Gasteiger partial charge in [-0.15, -0.1) is 0 Å². The molecule has 0 unspecified atom stereocenters. The van der Waals surface area contributed by atoms with E-state index in [1.54, 1.807) is 6.92 Å². The molecule has 0 saturated heterocycles. The first-order chi connectivity index (χ1) is 9.47. The van der Waals surface area contributed by atoms with Crippen LogP contribution in [0.2, 0.25) is 0 Å². The molecule has 20 heavy (non-hydrogen) atoms. The van der Waals surface area contributed by atoms with Crippen molar-refractivity contribution in [3.63, 3.8) is 0 Å². The number of benzene rings is 1. The van der Waals surface area contributed by atoms with Crippen molar-refractivity contribution in [2.45, 2.75) is 6.92 Å². The Morgan fingerprint density at radius 1 is 1.15 bits per heavy atom. The molecular formula is C14H12N2O4. The highest BCUT2D eigenvalue weighted by Crippen LogP contribution is 2.17. The molecule has 1 aromatic heterocycles. The molecule has 0 atom stereocenters. The maximum Gasteiger partial charge on any atom is 0.335 e. The van der Waals surface area contributed by atoms with Crippen molar-refractivity contribution in [2.24, 2.45) is 0 Å². The van der Waals surface area contributed by atoms with E-state index in [1.807, 2.05) is 0 Å². The lowest BCUT2D eigenvalue weighted by atomic mass is 10.1. The normalized spacial score (nSPS) is 10.1. The van der Waals surface area contributed by atoms with E-state index in [0.717, 1.165) is 0 Å². The minimum Gasteiger partial charge on any atom is -0.478 e. The summed E-state index contributed by atoms with van der Waals surface area (Å²) in [7, 11) is 0. The van der Waals surface area contributed by atoms with Gasteiger partial charge in [0.1, 0.15) is 0 Å². The number of aryl methyl sites for hydroxylation is 1. The smallest absolute Gasteiger partial charge is 0.335 e. The fourth-order valence-electron chi connectivity index (χ4n) is 1.72. The lowest BCUT2D eigenvalue weighted by Gasteiger charge is -2.09. The largest absolute Gasteiger partial charge is 0.478 e. The number of hydrogen-bond acceptors (Lipinski definition) is 3. The van der Waals surface area contributed by atoms with Gasteiger partial charge < -0.3 is 15.4 Å². The summed E-state index contributed by atoms with van der Waals surface area (Å²) in [5.74, 6) is -1.46. The zero-order valence-corrected chi connectivity index (χ0v) is 10.6. The number of carbonyl (C=O) groups is 2. The van der Waals surface area contributed by atoms with Gasteiger partial charge in [0.2, 0.25) is 5.56 Å². The van der Waals surface area contributed by atoms with Crippen molar-refractivity contribution in [3.05, 3.63) is 63.6 Å². The van der Waals surface area contributed by atoms with Crippen LogP contribution in [0.5, 0.6) is 0 Å². The maximum atomic E-state index is 12.0. The van der Waals surface area contributed by atoms with Crippen LogP contribution in [0.25, 0.3) is 0 Å². The van der Waals surface area contributed by atoms with Crippen LogP contribution >= 0.6 is 0 Å². The Morgan fingerprint density at radius 2 is 1.90 bits per heavy atom. The van der Waals surface area contributed by atoms with Crippen molar-refractivity contribution >= 4 is 17.6 Å². The van der Waals surface area contributed by atoms with Crippen LogP contribution in [-0.2, 0) is 0 Å². The number of carbonyl (C=O) groups excluding carboxylic acids is 1. The monoisotopic (exact) mass is 272 g/mol. The number of aromatic amines is 1. The lowest BCUT2D eigenvalue weighted by molar-refractivity contribution is 0.0696. The predicted molar refractivity (Wildman–Crippen MR) is 73.2 cm³/mol. The molecule has 0 fully saturated rings. The van der Waals surface area contributed by atoms with Crippen molar-refractivity contribution < 1.29 is 14.7 Å². The van der Waals surface area contributed by atoms with E-state index in [9.17, 15) is 14.4 Å². The van der Waals surface area contributed by atoms with E-state index in [1.165, 1.54) is 36.5 Å². The summed E-state index contributed by atoms with van der Waals surface area (Å²) in [4.78, 5) is 36.3. The van der Waals surface area contributed by atoms with E-state index in [4.69, 9.17) is 5.11 Å². The summed E-state index contributed by atoms with van der Waals surface area (Å²) in [6.07, 6.45) is 1.39. The SMILES string of the molecule is Cc1cc(C(=O)O)ccc1NC(=O)c1cc[nH]c(=O)c1. The van der Waals surface area contributed by atoms with E-state index >= 15 is 0 Å². The number of carboxylic acid groups (broad SMARTS) is 1. The number of rotatable bonds is 3. The summed E-state index contributed by atoms with van der Waals surface area (Å²) >= 11 is 0. The quantitative estimate of drug-likeness (QED) is 0.790. The summed E-state index contributed by atoms with van der Waals surface area (Å²) in [6.45, 7) is 1.69. The number of H-pyrrole nitrogens is 1. The molecule has 0 saturated carbocycles. The van der Waals surface area contributed by atoms with Crippen LogP contribution in [0.1, 0.15) is 26.3 Å². The Balaban J connectivity index is 2.24. The molecule has 1 aromatic carbocycles. The molecule has 0 spiro atoms.